The number of amides is 1. The molecule has 88 valence electrons. The average molecular weight is 243 g/mol. The second-order valence-corrected chi connectivity index (χ2v) is 4.13. The average Bonchev–Trinajstić information content (AvgIpc) is 2.25. The van der Waals surface area contributed by atoms with E-state index in [0.717, 1.165) is 0 Å². The van der Waals surface area contributed by atoms with E-state index in [9.17, 15) is 4.79 Å². The van der Waals surface area contributed by atoms with Crippen molar-refractivity contribution in [3.05, 3.63) is 29.0 Å². The third kappa shape index (κ3) is 3.47. The molecule has 0 saturated carbocycles. The van der Waals surface area contributed by atoms with Crippen LogP contribution < -0.4 is 0 Å². The summed E-state index contributed by atoms with van der Waals surface area (Å²) in [6.45, 7) is 2.18. The van der Waals surface area contributed by atoms with Gasteiger partial charge in [0.15, 0.2) is 0 Å². The van der Waals surface area contributed by atoms with Crippen molar-refractivity contribution in [1.29, 1.82) is 0 Å². The zero-order valence-electron chi connectivity index (χ0n) is 9.35. The Morgan fingerprint density at radius 1 is 1.69 bits per heavy atom. The van der Waals surface area contributed by atoms with Gasteiger partial charge in [-0.2, -0.15) is 0 Å². The van der Waals surface area contributed by atoms with Crippen molar-refractivity contribution < 1.29 is 9.90 Å². The Morgan fingerprint density at radius 2 is 2.38 bits per heavy atom. The van der Waals surface area contributed by atoms with Crippen LogP contribution in [0.1, 0.15) is 23.7 Å². The van der Waals surface area contributed by atoms with Gasteiger partial charge in [-0.15, -0.1) is 0 Å². The molecule has 16 heavy (non-hydrogen) atoms. The van der Waals surface area contributed by atoms with Crippen LogP contribution >= 0.6 is 11.6 Å². The Balaban J connectivity index is 2.67. The molecule has 4 nitrogen and oxygen atoms in total. The summed E-state index contributed by atoms with van der Waals surface area (Å²) >= 11 is 5.89. The number of hydrogen-bond acceptors (Lipinski definition) is 3. The lowest BCUT2D eigenvalue weighted by Crippen LogP contribution is -2.29. The molecule has 0 aliphatic rings. The van der Waals surface area contributed by atoms with Crippen molar-refractivity contribution >= 4 is 17.5 Å². The Morgan fingerprint density at radius 3 is 2.94 bits per heavy atom. The molecule has 0 aliphatic carbocycles. The van der Waals surface area contributed by atoms with Crippen LogP contribution in [0.25, 0.3) is 0 Å². The third-order valence-corrected chi connectivity index (χ3v) is 2.56. The van der Waals surface area contributed by atoms with E-state index in [-0.39, 0.29) is 5.91 Å². The van der Waals surface area contributed by atoms with E-state index >= 15 is 0 Å². The molecule has 1 amide bonds. The zero-order chi connectivity index (χ0) is 12.1. The molecule has 1 rings (SSSR count). The van der Waals surface area contributed by atoms with Crippen molar-refractivity contribution in [2.45, 2.75) is 19.4 Å². The number of hydrogen-bond donors (Lipinski definition) is 1. The van der Waals surface area contributed by atoms with Crippen LogP contribution in [0, 0.1) is 0 Å². The highest BCUT2D eigenvalue weighted by molar-refractivity contribution is 6.33. The molecule has 0 saturated heterocycles. The molecule has 5 heteroatoms. The fourth-order valence-corrected chi connectivity index (χ4v) is 1.41. The van der Waals surface area contributed by atoms with Crippen molar-refractivity contribution in [2.75, 3.05) is 13.6 Å². The quantitative estimate of drug-likeness (QED) is 0.872. The second kappa shape index (κ2) is 5.82. The Hall–Kier alpha value is -1.13. The highest BCUT2D eigenvalue weighted by Crippen LogP contribution is 2.15. The topological polar surface area (TPSA) is 53.4 Å². The molecule has 1 unspecified atom stereocenters. The Bertz CT molecular complexity index is 369. The van der Waals surface area contributed by atoms with Gasteiger partial charge < -0.3 is 10.0 Å². The zero-order valence-corrected chi connectivity index (χ0v) is 10.1. The SMILES string of the molecule is CC(O)CCN(C)C(=O)c1cnccc1Cl. The maximum Gasteiger partial charge on any atom is 0.256 e. The number of carbonyl (C=O) groups excluding carboxylic acids is 1. The van der Waals surface area contributed by atoms with Crippen LogP contribution in [0.5, 0.6) is 0 Å². The molecule has 0 aliphatic heterocycles. The Labute approximate surface area is 99.9 Å². The largest absolute Gasteiger partial charge is 0.393 e. The normalized spacial score (nSPS) is 12.2. The van der Waals surface area contributed by atoms with Gasteiger partial charge in [0.05, 0.1) is 16.7 Å². The van der Waals surface area contributed by atoms with E-state index in [2.05, 4.69) is 4.98 Å². The van der Waals surface area contributed by atoms with Gasteiger partial charge in [-0.05, 0) is 19.4 Å². The first-order valence-corrected chi connectivity index (χ1v) is 5.43. The van der Waals surface area contributed by atoms with Crippen LogP contribution in [0.4, 0.5) is 0 Å². The number of rotatable bonds is 4. The summed E-state index contributed by atoms with van der Waals surface area (Å²) in [6, 6.07) is 1.58. The van der Waals surface area contributed by atoms with E-state index in [1.807, 2.05) is 0 Å². The maximum atomic E-state index is 11.9. The van der Waals surface area contributed by atoms with E-state index in [1.165, 1.54) is 17.3 Å². The van der Waals surface area contributed by atoms with Crippen LogP contribution in [0.2, 0.25) is 5.02 Å². The first-order chi connectivity index (χ1) is 7.52. The minimum Gasteiger partial charge on any atom is -0.393 e. The highest BCUT2D eigenvalue weighted by Gasteiger charge is 2.15. The van der Waals surface area contributed by atoms with Crippen molar-refractivity contribution in [3.63, 3.8) is 0 Å². The number of aliphatic hydroxyl groups excluding tert-OH is 1. The predicted octanol–water partition coefficient (Wildman–Crippen LogP) is 1.58. The number of halogens is 1. The summed E-state index contributed by atoms with van der Waals surface area (Å²) in [5.74, 6) is -0.182. The van der Waals surface area contributed by atoms with Crippen molar-refractivity contribution in [1.82, 2.24) is 9.88 Å². The first-order valence-electron chi connectivity index (χ1n) is 5.05. The van der Waals surface area contributed by atoms with Gasteiger partial charge in [-0.1, -0.05) is 11.6 Å². The molecule has 1 aromatic rings. The van der Waals surface area contributed by atoms with Crippen molar-refractivity contribution in [2.24, 2.45) is 0 Å². The van der Waals surface area contributed by atoms with Crippen LogP contribution in [0.3, 0.4) is 0 Å². The summed E-state index contributed by atoms with van der Waals surface area (Å²) < 4.78 is 0. The molecular weight excluding hydrogens is 228 g/mol. The lowest BCUT2D eigenvalue weighted by molar-refractivity contribution is 0.0768. The van der Waals surface area contributed by atoms with Crippen LogP contribution in [-0.4, -0.2) is 40.6 Å². The summed E-state index contributed by atoms with van der Waals surface area (Å²) in [6.07, 6.45) is 3.11. The number of nitrogens with zero attached hydrogens (tertiary/aromatic N) is 2. The summed E-state index contributed by atoms with van der Waals surface area (Å²) in [5.41, 5.74) is 0.386. The maximum absolute atomic E-state index is 11.9. The summed E-state index contributed by atoms with van der Waals surface area (Å²) in [7, 11) is 1.67. The van der Waals surface area contributed by atoms with E-state index < -0.39 is 6.10 Å². The van der Waals surface area contributed by atoms with Gasteiger partial charge in [-0.25, -0.2) is 0 Å². The predicted molar refractivity (Wildman–Crippen MR) is 62.5 cm³/mol. The van der Waals surface area contributed by atoms with Gasteiger partial charge in [0.2, 0.25) is 0 Å². The molecule has 0 bridgehead atoms. The van der Waals surface area contributed by atoms with E-state index in [4.69, 9.17) is 16.7 Å². The standard InChI is InChI=1S/C11H15ClN2O2/c1-8(15)4-6-14(2)11(16)9-7-13-5-3-10(9)12/h3,5,7-8,15H,4,6H2,1-2H3. The van der Waals surface area contributed by atoms with Gasteiger partial charge in [0.1, 0.15) is 0 Å². The van der Waals surface area contributed by atoms with Crippen LogP contribution in [0.15, 0.2) is 18.5 Å². The third-order valence-electron chi connectivity index (χ3n) is 2.23. The molecule has 0 fully saturated rings. The number of pyridine rings is 1. The lowest BCUT2D eigenvalue weighted by Gasteiger charge is -2.18. The molecule has 1 N–H and O–H groups in total. The van der Waals surface area contributed by atoms with Gasteiger partial charge in [-0.3, -0.25) is 9.78 Å². The lowest BCUT2D eigenvalue weighted by atomic mass is 10.2. The summed E-state index contributed by atoms with van der Waals surface area (Å²) in [5, 5.41) is 9.52. The molecule has 1 heterocycles. The fraction of sp³-hybridized carbons (Fsp3) is 0.455. The second-order valence-electron chi connectivity index (χ2n) is 3.72. The monoisotopic (exact) mass is 242 g/mol. The first kappa shape index (κ1) is 12.9. The van der Waals surface area contributed by atoms with Crippen molar-refractivity contribution in [3.8, 4) is 0 Å². The van der Waals surface area contributed by atoms with Gasteiger partial charge >= 0.3 is 0 Å². The smallest absolute Gasteiger partial charge is 0.256 e. The molecule has 1 atom stereocenters. The van der Waals surface area contributed by atoms with E-state index in [1.54, 1.807) is 20.0 Å². The van der Waals surface area contributed by atoms with Gasteiger partial charge in [0.25, 0.3) is 5.91 Å². The minimum atomic E-state index is -0.417. The van der Waals surface area contributed by atoms with E-state index in [0.29, 0.717) is 23.6 Å². The number of aliphatic hydroxyl groups is 1. The molecular formula is C11H15ClN2O2. The molecule has 0 spiro atoms. The molecule has 1 aromatic heterocycles. The number of carbonyl (C=O) groups is 1. The summed E-state index contributed by atoms with van der Waals surface area (Å²) in [4.78, 5) is 17.3. The molecule has 0 radical (unpaired) electrons. The highest BCUT2D eigenvalue weighted by atomic mass is 35.5. The van der Waals surface area contributed by atoms with Crippen LogP contribution in [-0.2, 0) is 0 Å². The van der Waals surface area contributed by atoms with Gasteiger partial charge in [0, 0.05) is 26.0 Å². The Kier molecular flexibility index (Phi) is 4.71. The molecule has 0 aromatic carbocycles. The minimum absolute atomic E-state index is 0.182. The number of aromatic nitrogens is 1. The fourth-order valence-electron chi connectivity index (χ4n) is 1.22.